The van der Waals surface area contributed by atoms with E-state index in [-0.39, 0.29) is 11.5 Å². The molecule has 16 heavy (non-hydrogen) atoms. The largest absolute Gasteiger partial charge is 0.286 e. The Labute approximate surface area is 104 Å². The quantitative estimate of drug-likeness (QED) is 0.535. The second-order valence-corrected chi connectivity index (χ2v) is 5.18. The van der Waals surface area contributed by atoms with Crippen molar-refractivity contribution >= 4 is 16.9 Å². The first kappa shape index (κ1) is 15.5. The van der Waals surface area contributed by atoms with E-state index in [9.17, 15) is 4.79 Å². The molecule has 3 heteroatoms. The van der Waals surface area contributed by atoms with Crippen molar-refractivity contribution < 1.29 is 4.79 Å². The van der Waals surface area contributed by atoms with E-state index in [2.05, 4.69) is 6.92 Å². The molecule has 0 fully saturated rings. The number of carbonyl (C=O) groups is 1. The highest BCUT2D eigenvalue weighted by Crippen LogP contribution is 2.12. The van der Waals surface area contributed by atoms with Crippen LogP contribution in [0.3, 0.4) is 0 Å². The summed E-state index contributed by atoms with van der Waals surface area (Å²) in [7, 11) is 0. The fraction of sp³-hybridized carbons (Fsp3) is 0.846. The summed E-state index contributed by atoms with van der Waals surface area (Å²) in [6.45, 7) is 2.23. The smallest absolute Gasteiger partial charge is 0.202 e. The number of unbranched alkanes of at least 4 members (excludes halogenated alkanes) is 7. The van der Waals surface area contributed by atoms with Crippen LogP contribution in [0.4, 0.5) is 0 Å². The van der Waals surface area contributed by atoms with Crippen LogP contribution >= 0.6 is 11.8 Å². The molecule has 0 spiro atoms. The van der Waals surface area contributed by atoms with Crippen molar-refractivity contribution in [3.05, 3.63) is 0 Å². The first-order valence-corrected chi connectivity index (χ1v) is 7.32. The fourth-order valence-electron chi connectivity index (χ4n) is 1.54. The van der Waals surface area contributed by atoms with E-state index >= 15 is 0 Å². The van der Waals surface area contributed by atoms with Gasteiger partial charge in [0.1, 0.15) is 6.42 Å². The van der Waals surface area contributed by atoms with Gasteiger partial charge in [-0.3, -0.25) is 4.79 Å². The number of nitrogens with zero attached hydrogens (tertiary/aromatic N) is 1. The zero-order valence-corrected chi connectivity index (χ0v) is 11.2. The molecule has 0 atom stereocenters. The third-order valence-corrected chi connectivity index (χ3v) is 3.44. The summed E-state index contributed by atoms with van der Waals surface area (Å²) in [5, 5.41) is 8.31. The van der Waals surface area contributed by atoms with Crippen LogP contribution in [0.5, 0.6) is 0 Å². The van der Waals surface area contributed by atoms with Crippen molar-refractivity contribution in [3.63, 3.8) is 0 Å². The number of rotatable bonds is 10. The number of thioether (sulfide) groups is 1. The minimum absolute atomic E-state index is 0.0189. The number of hydrogen-bond acceptors (Lipinski definition) is 3. The van der Waals surface area contributed by atoms with Gasteiger partial charge in [-0.05, 0) is 6.42 Å². The highest BCUT2D eigenvalue weighted by atomic mass is 32.2. The molecule has 0 amide bonds. The number of carbonyl (C=O) groups excluding carboxylic acids is 1. The molecule has 0 aliphatic rings. The Morgan fingerprint density at radius 1 is 1.06 bits per heavy atom. The average molecular weight is 241 g/mol. The van der Waals surface area contributed by atoms with Crippen molar-refractivity contribution in [1.82, 2.24) is 0 Å². The Morgan fingerprint density at radius 3 is 2.19 bits per heavy atom. The Bertz CT molecular complexity index is 210. The Hall–Kier alpha value is -0.490. The summed E-state index contributed by atoms with van der Waals surface area (Å²) < 4.78 is 0. The van der Waals surface area contributed by atoms with E-state index in [4.69, 9.17) is 5.26 Å². The Balaban J connectivity index is 3.04. The Kier molecular flexibility index (Phi) is 12.2. The van der Waals surface area contributed by atoms with Gasteiger partial charge >= 0.3 is 0 Å². The molecule has 0 heterocycles. The molecule has 0 bridgehead atoms. The minimum Gasteiger partial charge on any atom is -0.286 e. The van der Waals surface area contributed by atoms with Crippen LogP contribution in [-0.4, -0.2) is 10.9 Å². The summed E-state index contributed by atoms with van der Waals surface area (Å²) in [5.74, 6) is 0.884. The van der Waals surface area contributed by atoms with Gasteiger partial charge in [0.05, 0.1) is 6.07 Å². The van der Waals surface area contributed by atoms with E-state index in [0.717, 1.165) is 12.2 Å². The summed E-state index contributed by atoms with van der Waals surface area (Å²) in [4.78, 5) is 11.0. The lowest BCUT2D eigenvalue weighted by molar-refractivity contribution is -0.110. The van der Waals surface area contributed by atoms with Gasteiger partial charge in [-0.1, -0.05) is 63.6 Å². The maximum absolute atomic E-state index is 11.0. The summed E-state index contributed by atoms with van der Waals surface area (Å²) in [5.41, 5.74) is 0. The van der Waals surface area contributed by atoms with Gasteiger partial charge in [-0.15, -0.1) is 0 Å². The zero-order chi connectivity index (χ0) is 12.1. The van der Waals surface area contributed by atoms with Crippen LogP contribution in [0, 0.1) is 11.3 Å². The average Bonchev–Trinajstić information content (AvgIpc) is 2.27. The van der Waals surface area contributed by atoms with E-state index in [0.29, 0.717) is 0 Å². The highest BCUT2D eigenvalue weighted by molar-refractivity contribution is 8.13. The maximum Gasteiger partial charge on any atom is 0.202 e. The first-order chi connectivity index (χ1) is 7.81. The van der Waals surface area contributed by atoms with E-state index in [1.807, 2.05) is 6.07 Å². The molecule has 0 aromatic carbocycles. The molecule has 0 aliphatic heterocycles. The topological polar surface area (TPSA) is 40.9 Å². The lowest BCUT2D eigenvalue weighted by Gasteiger charge is -2.00. The molecule has 0 unspecified atom stereocenters. The van der Waals surface area contributed by atoms with Gasteiger partial charge in [0.15, 0.2) is 0 Å². The third kappa shape index (κ3) is 11.6. The third-order valence-electron chi connectivity index (χ3n) is 2.48. The molecular weight excluding hydrogens is 218 g/mol. The predicted octanol–water partition coefficient (Wildman–Crippen LogP) is 4.30. The first-order valence-electron chi connectivity index (χ1n) is 6.33. The van der Waals surface area contributed by atoms with Crippen LogP contribution in [0.1, 0.15) is 64.7 Å². The Morgan fingerprint density at radius 2 is 1.62 bits per heavy atom. The molecule has 0 rings (SSSR count). The molecular formula is C13H23NOS. The van der Waals surface area contributed by atoms with Crippen molar-refractivity contribution in [2.75, 3.05) is 5.75 Å². The van der Waals surface area contributed by atoms with Gasteiger partial charge in [-0.2, -0.15) is 5.26 Å². The summed E-state index contributed by atoms with van der Waals surface area (Å²) >= 11 is 1.31. The van der Waals surface area contributed by atoms with Crippen molar-refractivity contribution in [1.29, 1.82) is 5.26 Å². The monoisotopic (exact) mass is 241 g/mol. The van der Waals surface area contributed by atoms with Crippen LogP contribution in [0.15, 0.2) is 0 Å². The van der Waals surface area contributed by atoms with E-state index in [1.165, 1.54) is 56.7 Å². The molecule has 0 radical (unpaired) electrons. The van der Waals surface area contributed by atoms with Crippen LogP contribution < -0.4 is 0 Å². The van der Waals surface area contributed by atoms with Gasteiger partial charge in [0.2, 0.25) is 5.12 Å². The van der Waals surface area contributed by atoms with Crippen molar-refractivity contribution in [3.8, 4) is 6.07 Å². The normalized spacial score (nSPS) is 10.0. The molecule has 0 saturated carbocycles. The maximum atomic E-state index is 11.0. The zero-order valence-electron chi connectivity index (χ0n) is 10.3. The predicted molar refractivity (Wildman–Crippen MR) is 70.3 cm³/mol. The second kappa shape index (κ2) is 12.6. The van der Waals surface area contributed by atoms with Crippen LogP contribution in [-0.2, 0) is 4.79 Å². The number of nitriles is 1. The fourth-order valence-corrected chi connectivity index (χ4v) is 2.28. The van der Waals surface area contributed by atoms with Gasteiger partial charge in [0, 0.05) is 5.75 Å². The molecule has 0 aromatic heterocycles. The molecule has 0 aliphatic carbocycles. The van der Waals surface area contributed by atoms with Crippen LogP contribution in [0.25, 0.3) is 0 Å². The molecule has 0 aromatic rings. The standard InChI is InChI=1S/C13H23NOS/c1-2-3-4-5-6-7-8-9-12-16-13(15)10-11-14/h2-10,12H2,1H3. The van der Waals surface area contributed by atoms with Gasteiger partial charge < -0.3 is 0 Å². The van der Waals surface area contributed by atoms with Gasteiger partial charge in [0.25, 0.3) is 0 Å². The lowest BCUT2D eigenvalue weighted by atomic mass is 10.1. The SMILES string of the molecule is CCCCCCCCCCSC(=O)CC#N. The molecule has 2 nitrogen and oxygen atoms in total. The minimum atomic E-state index is 0.0189. The van der Waals surface area contributed by atoms with E-state index < -0.39 is 0 Å². The summed E-state index contributed by atoms with van der Waals surface area (Å²) in [6.07, 6.45) is 10.4. The van der Waals surface area contributed by atoms with Gasteiger partial charge in [-0.25, -0.2) is 0 Å². The summed E-state index contributed by atoms with van der Waals surface area (Å²) in [6, 6.07) is 1.88. The molecule has 0 N–H and O–H groups in total. The van der Waals surface area contributed by atoms with Crippen LogP contribution in [0.2, 0.25) is 0 Å². The molecule has 92 valence electrons. The highest BCUT2D eigenvalue weighted by Gasteiger charge is 2.00. The lowest BCUT2D eigenvalue weighted by Crippen LogP contribution is -1.91. The van der Waals surface area contributed by atoms with Crippen molar-refractivity contribution in [2.45, 2.75) is 64.7 Å². The van der Waals surface area contributed by atoms with Crippen molar-refractivity contribution in [2.24, 2.45) is 0 Å². The number of hydrogen-bond donors (Lipinski definition) is 0. The molecule has 0 saturated heterocycles. The van der Waals surface area contributed by atoms with E-state index in [1.54, 1.807) is 0 Å². The second-order valence-electron chi connectivity index (χ2n) is 4.03.